The molecule has 1 aliphatic heterocycles. The quantitative estimate of drug-likeness (QED) is 0.827. The summed E-state index contributed by atoms with van der Waals surface area (Å²) >= 11 is 0. The van der Waals surface area contributed by atoms with Gasteiger partial charge in [0.2, 0.25) is 0 Å². The highest BCUT2D eigenvalue weighted by Crippen LogP contribution is 2.25. The average Bonchev–Trinajstić information content (AvgIpc) is 2.67. The SMILES string of the molecule is Cc1ccc2cc(C3CN(C)CCN3)n(C)c2c1. The van der Waals surface area contributed by atoms with E-state index in [0.29, 0.717) is 6.04 Å². The monoisotopic (exact) mass is 243 g/mol. The van der Waals surface area contributed by atoms with E-state index in [4.69, 9.17) is 0 Å². The molecule has 0 spiro atoms. The Hall–Kier alpha value is -1.32. The second-order valence-electron chi connectivity index (χ2n) is 5.46. The van der Waals surface area contributed by atoms with Gasteiger partial charge in [0.05, 0.1) is 6.04 Å². The number of aryl methyl sites for hydroxylation is 2. The van der Waals surface area contributed by atoms with E-state index < -0.39 is 0 Å². The number of rotatable bonds is 1. The van der Waals surface area contributed by atoms with Gasteiger partial charge in [-0.15, -0.1) is 0 Å². The van der Waals surface area contributed by atoms with Crippen molar-refractivity contribution in [3.8, 4) is 0 Å². The zero-order valence-electron chi connectivity index (χ0n) is 11.4. The molecule has 0 aliphatic carbocycles. The van der Waals surface area contributed by atoms with Crippen LogP contribution in [0, 0.1) is 6.92 Å². The van der Waals surface area contributed by atoms with Gasteiger partial charge < -0.3 is 14.8 Å². The minimum atomic E-state index is 0.446. The zero-order valence-corrected chi connectivity index (χ0v) is 11.4. The molecule has 96 valence electrons. The Morgan fingerprint density at radius 3 is 2.83 bits per heavy atom. The Bertz CT molecular complexity index is 570. The number of piperazine rings is 1. The van der Waals surface area contributed by atoms with E-state index in [-0.39, 0.29) is 0 Å². The van der Waals surface area contributed by atoms with Crippen LogP contribution in [0.1, 0.15) is 17.3 Å². The van der Waals surface area contributed by atoms with Crippen LogP contribution in [0.5, 0.6) is 0 Å². The van der Waals surface area contributed by atoms with Crippen LogP contribution in [-0.2, 0) is 7.05 Å². The van der Waals surface area contributed by atoms with E-state index in [1.807, 2.05) is 0 Å². The van der Waals surface area contributed by atoms with E-state index in [0.717, 1.165) is 19.6 Å². The van der Waals surface area contributed by atoms with Crippen molar-refractivity contribution >= 4 is 10.9 Å². The van der Waals surface area contributed by atoms with Crippen molar-refractivity contribution in [2.45, 2.75) is 13.0 Å². The summed E-state index contributed by atoms with van der Waals surface area (Å²) in [5.41, 5.74) is 4.05. The van der Waals surface area contributed by atoms with Gasteiger partial charge in [0.15, 0.2) is 0 Å². The third kappa shape index (κ3) is 1.93. The fourth-order valence-electron chi connectivity index (χ4n) is 2.89. The molecule has 3 nitrogen and oxygen atoms in total. The lowest BCUT2D eigenvalue weighted by atomic mass is 10.1. The molecular formula is C15H21N3. The average molecular weight is 243 g/mol. The van der Waals surface area contributed by atoms with Gasteiger partial charge in [0.25, 0.3) is 0 Å². The largest absolute Gasteiger partial charge is 0.346 e. The predicted octanol–water partition coefficient (Wildman–Crippen LogP) is 2.06. The van der Waals surface area contributed by atoms with Crippen LogP contribution in [0.25, 0.3) is 10.9 Å². The molecule has 1 aromatic carbocycles. The van der Waals surface area contributed by atoms with Crippen LogP contribution in [0.2, 0.25) is 0 Å². The summed E-state index contributed by atoms with van der Waals surface area (Å²) in [6.45, 7) is 5.45. The van der Waals surface area contributed by atoms with Gasteiger partial charge in [-0.2, -0.15) is 0 Å². The maximum atomic E-state index is 3.62. The Morgan fingerprint density at radius 2 is 2.06 bits per heavy atom. The predicted molar refractivity (Wildman–Crippen MR) is 75.9 cm³/mol. The van der Waals surface area contributed by atoms with Crippen molar-refractivity contribution in [1.82, 2.24) is 14.8 Å². The summed E-state index contributed by atoms with van der Waals surface area (Å²) in [6, 6.07) is 9.45. The van der Waals surface area contributed by atoms with Crippen molar-refractivity contribution in [3.05, 3.63) is 35.5 Å². The van der Waals surface area contributed by atoms with Crippen molar-refractivity contribution in [3.63, 3.8) is 0 Å². The summed E-state index contributed by atoms with van der Waals surface area (Å²) in [5.74, 6) is 0. The highest BCUT2D eigenvalue weighted by atomic mass is 15.2. The summed E-state index contributed by atoms with van der Waals surface area (Å²) in [7, 11) is 4.37. The van der Waals surface area contributed by atoms with E-state index in [9.17, 15) is 0 Å². The minimum absolute atomic E-state index is 0.446. The first kappa shape index (κ1) is 11.8. The number of nitrogens with one attached hydrogen (secondary N) is 1. The van der Waals surface area contributed by atoms with Crippen molar-refractivity contribution in [1.29, 1.82) is 0 Å². The lowest BCUT2D eigenvalue weighted by Crippen LogP contribution is -2.44. The molecule has 0 saturated carbocycles. The molecule has 1 unspecified atom stereocenters. The number of aromatic nitrogens is 1. The van der Waals surface area contributed by atoms with E-state index in [1.165, 1.54) is 22.2 Å². The molecule has 3 heteroatoms. The summed E-state index contributed by atoms with van der Waals surface area (Å²) in [5, 5.41) is 4.96. The van der Waals surface area contributed by atoms with E-state index in [2.05, 4.69) is 60.1 Å². The second kappa shape index (κ2) is 4.41. The number of benzene rings is 1. The maximum Gasteiger partial charge on any atom is 0.0604 e. The third-order valence-corrected chi connectivity index (χ3v) is 3.97. The van der Waals surface area contributed by atoms with Gasteiger partial charge in [-0.1, -0.05) is 12.1 Å². The molecule has 0 amide bonds. The highest BCUT2D eigenvalue weighted by Gasteiger charge is 2.21. The van der Waals surface area contributed by atoms with E-state index >= 15 is 0 Å². The Morgan fingerprint density at radius 1 is 1.22 bits per heavy atom. The second-order valence-corrected chi connectivity index (χ2v) is 5.46. The van der Waals surface area contributed by atoms with Gasteiger partial charge in [-0.3, -0.25) is 0 Å². The fraction of sp³-hybridized carbons (Fsp3) is 0.467. The Kier molecular flexibility index (Phi) is 2.88. The van der Waals surface area contributed by atoms with Crippen LogP contribution >= 0.6 is 0 Å². The molecule has 1 N–H and O–H groups in total. The number of fused-ring (bicyclic) bond motifs is 1. The third-order valence-electron chi connectivity index (χ3n) is 3.97. The molecule has 1 atom stereocenters. The highest BCUT2D eigenvalue weighted by molar-refractivity contribution is 5.82. The van der Waals surface area contributed by atoms with Crippen LogP contribution in [0.15, 0.2) is 24.3 Å². The van der Waals surface area contributed by atoms with Crippen molar-refractivity contribution in [2.24, 2.45) is 7.05 Å². The van der Waals surface area contributed by atoms with Crippen LogP contribution < -0.4 is 5.32 Å². The molecule has 0 bridgehead atoms. The molecule has 1 fully saturated rings. The minimum Gasteiger partial charge on any atom is -0.346 e. The van der Waals surface area contributed by atoms with Gasteiger partial charge in [-0.25, -0.2) is 0 Å². The Balaban J connectivity index is 2.04. The molecule has 3 rings (SSSR count). The van der Waals surface area contributed by atoms with E-state index in [1.54, 1.807) is 0 Å². The number of likely N-dealkylation sites (N-methyl/N-ethyl adjacent to an activating group) is 1. The van der Waals surface area contributed by atoms with Gasteiger partial charge in [0.1, 0.15) is 0 Å². The number of hydrogen-bond donors (Lipinski definition) is 1. The molecule has 0 radical (unpaired) electrons. The molecule has 1 aliphatic rings. The maximum absolute atomic E-state index is 3.62. The Labute approximate surface area is 108 Å². The summed E-state index contributed by atoms with van der Waals surface area (Å²) in [6.07, 6.45) is 0. The first-order valence-corrected chi connectivity index (χ1v) is 6.63. The molecular weight excluding hydrogens is 222 g/mol. The van der Waals surface area contributed by atoms with Gasteiger partial charge >= 0.3 is 0 Å². The topological polar surface area (TPSA) is 20.2 Å². The van der Waals surface area contributed by atoms with Crippen LogP contribution in [0.4, 0.5) is 0 Å². The molecule has 18 heavy (non-hydrogen) atoms. The molecule has 2 heterocycles. The fourth-order valence-corrected chi connectivity index (χ4v) is 2.89. The molecule has 2 aromatic rings. The standard InChI is InChI=1S/C15H21N3/c1-11-4-5-12-9-15(18(3)14(12)8-11)13-10-17(2)7-6-16-13/h4-5,8-9,13,16H,6-7,10H2,1-3H3. The lowest BCUT2D eigenvalue weighted by Gasteiger charge is -2.31. The molecule has 1 aromatic heterocycles. The van der Waals surface area contributed by atoms with Crippen LogP contribution in [-0.4, -0.2) is 36.1 Å². The smallest absolute Gasteiger partial charge is 0.0604 e. The lowest BCUT2D eigenvalue weighted by molar-refractivity contribution is 0.236. The van der Waals surface area contributed by atoms with Crippen LogP contribution in [0.3, 0.4) is 0 Å². The first-order chi connectivity index (χ1) is 8.65. The van der Waals surface area contributed by atoms with Gasteiger partial charge in [-0.05, 0) is 37.1 Å². The number of hydrogen-bond acceptors (Lipinski definition) is 2. The first-order valence-electron chi connectivity index (χ1n) is 6.63. The normalized spacial score (nSPS) is 21.6. The van der Waals surface area contributed by atoms with Gasteiger partial charge in [0, 0.05) is 37.9 Å². The zero-order chi connectivity index (χ0) is 12.7. The summed E-state index contributed by atoms with van der Waals surface area (Å²) in [4.78, 5) is 2.39. The molecule has 1 saturated heterocycles. The van der Waals surface area contributed by atoms with Crippen molar-refractivity contribution < 1.29 is 0 Å². The van der Waals surface area contributed by atoms with Crippen molar-refractivity contribution in [2.75, 3.05) is 26.7 Å². The summed E-state index contributed by atoms with van der Waals surface area (Å²) < 4.78 is 2.33. The number of nitrogens with zero attached hydrogens (tertiary/aromatic N) is 2.